The van der Waals surface area contributed by atoms with Crippen LogP contribution in [0.2, 0.25) is 0 Å². The van der Waals surface area contributed by atoms with Crippen LogP contribution in [0.3, 0.4) is 0 Å². The Labute approximate surface area is 111 Å². The summed E-state index contributed by atoms with van der Waals surface area (Å²) in [5.41, 5.74) is 2.90. The van der Waals surface area contributed by atoms with Crippen molar-refractivity contribution in [2.24, 2.45) is 0 Å². The van der Waals surface area contributed by atoms with Gasteiger partial charge in [-0.05, 0) is 44.5 Å². The molecule has 1 fully saturated rings. The Balaban J connectivity index is 0.000000225. The first kappa shape index (κ1) is 15.0. The quantitative estimate of drug-likeness (QED) is 0.622. The van der Waals surface area contributed by atoms with Crippen LogP contribution in [-0.4, -0.2) is 19.6 Å². The number of rotatable bonds is 5. The van der Waals surface area contributed by atoms with Crippen LogP contribution in [0.4, 0.5) is 0 Å². The third-order valence-corrected chi connectivity index (χ3v) is 2.77. The molecule has 0 atom stereocenters. The number of hydrogen-bond acceptors (Lipinski definition) is 3. The molecule has 0 aliphatic carbocycles. The fourth-order valence-corrected chi connectivity index (χ4v) is 1.67. The average molecular weight is 250 g/mol. The fourth-order valence-electron chi connectivity index (χ4n) is 1.67. The Bertz CT molecular complexity index is 262. The minimum atomic E-state index is 0.869. The molecule has 2 N–H and O–H groups in total. The predicted molar refractivity (Wildman–Crippen MR) is 76.7 cm³/mol. The van der Waals surface area contributed by atoms with E-state index >= 15 is 0 Å². The molecule has 0 bridgehead atoms. The van der Waals surface area contributed by atoms with Crippen molar-refractivity contribution in [3.8, 4) is 5.75 Å². The van der Waals surface area contributed by atoms with Gasteiger partial charge in [0.15, 0.2) is 0 Å². The van der Waals surface area contributed by atoms with E-state index in [4.69, 9.17) is 4.84 Å². The Morgan fingerprint density at radius 1 is 1.11 bits per heavy atom. The fraction of sp³-hybridized carbons (Fsp3) is 0.600. The summed E-state index contributed by atoms with van der Waals surface area (Å²) in [6.07, 6.45) is 6.55. The summed E-state index contributed by atoms with van der Waals surface area (Å²) in [5.74, 6) is 0.869. The Kier molecular flexibility index (Phi) is 9.21. The van der Waals surface area contributed by atoms with Gasteiger partial charge in [0.05, 0.1) is 0 Å². The molecule has 2 rings (SSSR count). The lowest BCUT2D eigenvalue weighted by Crippen LogP contribution is -2.21. The van der Waals surface area contributed by atoms with Gasteiger partial charge >= 0.3 is 0 Å². The zero-order valence-corrected chi connectivity index (χ0v) is 11.5. The lowest BCUT2D eigenvalue weighted by Gasteiger charge is -2.08. The molecule has 1 aliphatic heterocycles. The molecule has 1 heterocycles. The van der Waals surface area contributed by atoms with E-state index in [1.807, 2.05) is 30.3 Å². The highest BCUT2D eigenvalue weighted by Crippen LogP contribution is 2.06. The zero-order chi connectivity index (χ0) is 12.9. The van der Waals surface area contributed by atoms with Crippen molar-refractivity contribution in [2.75, 3.05) is 19.6 Å². The van der Waals surface area contributed by atoms with Crippen molar-refractivity contribution in [1.29, 1.82) is 0 Å². The summed E-state index contributed by atoms with van der Waals surface area (Å²) in [4.78, 5) is 5.26. The van der Waals surface area contributed by atoms with Gasteiger partial charge in [-0.15, -0.1) is 0 Å². The minimum Gasteiger partial charge on any atom is -0.409 e. The lowest BCUT2D eigenvalue weighted by atomic mass is 10.2. The second-order valence-electron chi connectivity index (χ2n) is 4.47. The molecular weight excluding hydrogens is 224 g/mol. The highest BCUT2D eigenvalue weighted by atomic mass is 16.6. The van der Waals surface area contributed by atoms with Crippen molar-refractivity contribution >= 4 is 0 Å². The summed E-state index contributed by atoms with van der Waals surface area (Å²) >= 11 is 0. The van der Waals surface area contributed by atoms with Crippen molar-refractivity contribution in [3.05, 3.63) is 30.3 Å². The molecule has 102 valence electrons. The maximum atomic E-state index is 5.26. The summed E-state index contributed by atoms with van der Waals surface area (Å²) in [6, 6.07) is 9.74. The predicted octanol–water partition coefficient (Wildman–Crippen LogP) is 3.13. The van der Waals surface area contributed by atoms with E-state index in [0.717, 1.165) is 18.7 Å². The normalized spacial score (nSPS) is 14.5. The van der Waals surface area contributed by atoms with Crippen LogP contribution in [-0.2, 0) is 0 Å². The summed E-state index contributed by atoms with van der Waals surface area (Å²) in [5, 5.41) is 3.28. The molecule has 0 aromatic heterocycles. The van der Waals surface area contributed by atoms with Crippen molar-refractivity contribution in [2.45, 2.75) is 39.0 Å². The SMILES string of the molecule is C1CCNCC1.CCCCNOc1ccccc1. The number of benzene rings is 1. The van der Waals surface area contributed by atoms with Crippen LogP contribution < -0.4 is 15.6 Å². The van der Waals surface area contributed by atoms with Gasteiger partial charge in [0.1, 0.15) is 5.75 Å². The van der Waals surface area contributed by atoms with Gasteiger partial charge in [-0.2, -0.15) is 5.48 Å². The van der Waals surface area contributed by atoms with Crippen LogP contribution in [0, 0.1) is 0 Å². The molecule has 1 aliphatic rings. The van der Waals surface area contributed by atoms with Crippen molar-refractivity contribution in [3.63, 3.8) is 0 Å². The highest BCUT2D eigenvalue weighted by molar-refractivity contribution is 5.20. The number of hydrogen-bond donors (Lipinski definition) is 2. The smallest absolute Gasteiger partial charge is 0.147 e. The van der Waals surface area contributed by atoms with Gasteiger partial charge in [-0.1, -0.05) is 38.0 Å². The topological polar surface area (TPSA) is 33.3 Å². The van der Waals surface area contributed by atoms with E-state index in [-0.39, 0.29) is 0 Å². The van der Waals surface area contributed by atoms with E-state index in [2.05, 4.69) is 17.7 Å². The van der Waals surface area contributed by atoms with Crippen LogP contribution in [0.15, 0.2) is 30.3 Å². The zero-order valence-electron chi connectivity index (χ0n) is 11.5. The Morgan fingerprint density at radius 3 is 2.33 bits per heavy atom. The molecule has 0 spiro atoms. The maximum Gasteiger partial charge on any atom is 0.147 e. The molecule has 18 heavy (non-hydrogen) atoms. The molecule has 0 saturated carbocycles. The van der Waals surface area contributed by atoms with Gasteiger partial charge in [-0.25, -0.2) is 0 Å². The first-order valence-corrected chi connectivity index (χ1v) is 7.09. The molecule has 1 aromatic rings. The van der Waals surface area contributed by atoms with Crippen LogP contribution in [0.5, 0.6) is 5.75 Å². The molecule has 0 unspecified atom stereocenters. The van der Waals surface area contributed by atoms with Gasteiger partial charge in [0, 0.05) is 6.54 Å². The number of nitrogens with one attached hydrogen (secondary N) is 2. The summed E-state index contributed by atoms with van der Waals surface area (Å²) in [6.45, 7) is 5.57. The van der Waals surface area contributed by atoms with Crippen molar-refractivity contribution in [1.82, 2.24) is 10.8 Å². The largest absolute Gasteiger partial charge is 0.409 e. The molecule has 1 aromatic carbocycles. The van der Waals surface area contributed by atoms with Crippen LogP contribution in [0.1, 0.15) is 39.0 Å². The molecule has 3 nitrogen and oxygen atoms in total. The molecular formula is C15H26N2O. The number of unbranched alkanes of at least 4 members (excludes halogenated alkanes) is 1. The molecule has 3 heteroatoms. The van der Waals surface area contributed by atoms with Crippen molar-refractivity contribution < 1.29 is 4.84 Å². The Hall–Kier alpha value is -1.06. The van der Waals surface area contributed by atoms with Gasteiger partial charge < -0.3 is 10.2 Å². The van der Waals surface area contributed by atoms with Crippen LogP contribution >= 0.6 is 0 Å². The first-order valence-electron chi connectivity index (χ1n) is 7.09. The first-order chi connectivity index (χ1) is 8.93. The van der Waals surface area contributed by atoms with E-state index in [1.165, 1.54) is 38.8 Å². The van der Waals surface area contributed by atoms with Gasteiger partial charge in [0.25, 0.3) is 0 Å². The Morgan fingerprint density at radius 2 is 1.83 bits per heavy atom. The van der Waals surface area contributed by atoms with E-state index in [9.17, 15) is 0 Å². The number of hydroxylamine groups is 1. The van der Waals surface area contributed by atoms with Gasteiger partial charge in [-0.3, -0.25) is 0 Å². The number of para-hydroxylation sites is 1. The minimum absolute atomic E-state index is 0.869. The summed E-state index contributed by atoms with van der Waals surface area (Å²) < 4.78 is 0. The van der Waals surface area contributed by atoms with E-state index < -0.39 is 0 Å². The third kappa shape index (κ3) is 8.09. The number of piperidine rings is 1. The lowest BCUT2D eigenvalue weighted by molar-refractivity contribution is 0.194. The summed E-state index contributed by atoms with van der Waals surface area (Å²) in [7, 11) is 0. The standard InChI is InChI=1S/C10H15NO.C5H11N/c1-2-3-9-11-12-10-7-5-4-6-8-10;1-2-4-6-5-3-1/h4-8,11H,2-3,9H2,1H3;6H,1-5H2. The monoisotopic (exact) mass is 250 g/mol. The van der Waals surface area contributed by atoms with Crippen LogP contribution in [0.25, 0.3) is 0 Å². The van der Waals surface area contributed by atoms with E-state index in [0.29, 0.717) is 0 Å². The highest BCUT2D eigenvalue weighted by Gasteiger charge is 1.93. The third-order valence-electron chi connectivity index (χ3n) is 2.77. The molecule has 0 amide bonds. The second-order valence-corrected chi connectivity index (χ2v) is 4.47. The van der Waals surface area contributed by atoms with Gasteiger partial charge in [0.2, 0.25) is 0 Å². The molecule has 1 saturated heterocycles. The second kappa shape index (κ2) is 11.1. The average Bonchev–Trinajstić information content (AvgIpc) is 2.47. The maximum absolute atomic E-state index is 5.26. The van der Waals surface area contributed by atoms with E-state index in [1.54, 1.807) is 0 Å². The molecule has 0 radical (unpaired) electrons.